The van der Waals surface area contributed by atoms with E-state index in [9.17, 15) is 0 Å². The molecule has 0 radical (unpaired) electrons. The van der Waals surface area contributed by atoms with Gasteiger partial charge in [-0.2, -0.15) is 0 Å². The number of aromatic nitrogens is 1. The minimum Gasteiger partial charge on any atom is -0.382 e. The molecule has 0 spiro atoms. The maximum Gasteiger partial charge on any atom is 0.194 e. The highest BCUT2D eigenvalue weighted by atomic mass is 127. The number of aliphatic imine (C=N–C) groups is 1. The summed E-state index contributed by atoms with van der Waals surface area (Å²) in [4.78, 5) is 11.1. The Labute approximate surface area is 172 Å². The molecule has 1 fully saturated rings. The average molecular weight is 483 g/mol. The quantitative estimate of drug-likeness (QED) is 0.203. The second-order valence-corrected chi connectivity index (χ2v) is 6.22. The fourth-order valence-corrected chi connectivity index (χ4v) is 2.76. The predicted octanol–water partition coefficient (Wildman–Crippen LogP) is 2.80. The van der Waals surface area contributed by atoms with Gasteiger partial charge in [0.1, 0.15) is 5.15 Å². The van der Waals surface area contributed by atoms with Crippen LogP contribution in [0.15, 0.2) is 23.3 Å². The van der Waals surface area contributed by atoms with Crippen molar-refractivity contribution in [3.05, 3.63) is 29.0 Å². The van der Waals surface area contributed by atoms with Gasteiger partial charge >= 0.3 is 0 Å². The number of nitrogens with zero attached hydrogens (tertiary/aromatic N) is 3. The molecule has 1 N–H and O–H groups in total. The molecule has 1 saturated heterocycles. The Kier molecular flexibility index (Phi) is 11.4. The summed E-state index contributed by atoms with van der Waals surface area (Å²) in [5, 5.41) is 3.88. The standard InChI is InChI=1S/C17H27ClN4O2.HI/c1-3-19-17(21-11-14-4-5-16(18)20-10-14)22-7-6-15(12-22)13-24-9-8-23-2;/h4-5,10,15H,3,6-9,11-13H2,1-2H3,(H,19,21);1H. The molecule has 0 saturated carbocycles. The van der Waals surface area contributed by atoms with E-state index >= 15 is 0 Å². The largest absolute Gasteiger partial charge is 0.382 e. The normalized spacial score (nSPS) is 17.5. The van der Waals surface area contributed by atoms with E-state index in [1.807, 2.05) is 6.07 Å². The van der Waals surface area contributed by atoms with Gasteiger partial charge in [0.25, 0.3) is 0 Å². The van der Waals surface area contributed by atoms with Crippen LogP contribution in [0.4, 0.5) is 0 Å². The molecular weight excluding hydrogens is 455 g/mol. The topological polar surface area (TPSA) is 59.0 Å². The molecule has 1 atom stereocenters. The first-order chi connectivity index (χ1) is 11.7. The molecule has 142 valence electrons. The monoisotopic (exact) mass is 482 g/mol. The highest BCUT2D eigenvalue weighted by Gasteiger charge is 2.24. The summed E-state index contributed by atoms with van der Waals surface area (Å²) in [6, 6.07) is 3.75. The van der Waals surface area contributed by atoms with Crippen molar-refractivity contribution < 1.29 is 9.47 Å². The summed E-state index contributed by atoms with van der Waals surface area (Å²) >= 11 is 5.82. The summed E-state index contributed by atoms with van der Waals surface area (Å²) in [6.45, 7) is 7.59. The minimum absolute atomic E-state index is 0. The van der Waals surface area contributed by atoms with E-state index in [0.717, 1.165) is 44.2 Å². The smallest absolute Gasteiger partial charge is 0.194 e. The van der Waals surface area contributed by atoms with E-state index in [4.69, 9.17) is 26.1 Å². The van der Waals surface area contributed by atoms with E-state index in [1.165, 1.54) is 0 Å². The number of hydrogen-bond donors (Lipinski definition) is 1. The van der Waals surface area contributed by atoms with Gasteiger partial charge < -0.3 is 19.7 Å². The van der Waals surface area contributed by atoms with Gasteiger partial charge in [0.15, 0.2) is 5.96 Å². The van der Waals surface area contributed by atoms with Gasteiger partial charge in [-0.3, -0.25) is 0 Å². The number of rotatable bonds is 8. The SMILES string of the molecule is CCNC(=NCc1ccc(Cl)nc1)N1CCC(COCCOC)C1.I. The average Bonchev–Trinajstić information content (AvgIpc) is 3.06. The Morgan fingerprint density at radius 2 is 2.28 bits per heavy atom. The van der Waals surface area contributed by atoms with Crippen LogP contribution in [-0.4, -0.2) is 62.4 Å². The first-order valence-corrected chi connectivity index (χ1v) is 8.81. The van der Waals surface area contributed by atoms with Crippen LogP contribution in [0.5, 0.6) is 0 Å². The molecule has 0 aliphatic carbocycles. The highest BCUT2D eigenvalue weighted by molar-refractivity contribution is 14.0. The number of ether oxygens (including phenoxy) is 2. The number of methoxy groups -OCH3 is 1. The fourth-order valence-electron chi connectivity index (χ4n) is 2.65. The number of halogens is 2. The summed E-state index contributed by atoms with van der Waals surface area (Å²) < 4.78 is 10.7. The molecule has 1 aliphatic heterocycles. The van der Waals surface area contributed by atoms with E-state index in [1.54, 1.807) is 19.4 Å². The highest BCUT2D eigenvalue weighted by Crippen LogP contribution is 2.17. The number of nitrogens with one attached hydrogen (secondary N) is 1. The molecule has 25 heavy (non-hydrogen) atoms. The molecule has 2 heterocycles. The molecule has 0 amide bonds. The molecule has 1 aromatic rings. The van der Waals surface area contributed by atoms with Gasteiger partial charge in [-0.05, 0) is 25.0 Å². The van der Waals surface area contributed by atoms with Crippen molar-refractivity contribution in [1.29, 1.82) is 0 Å². The van der Waals surface area contributed by atoms with E-state index in [-0.39, 0.29) is 24.0 Å². The molecule has 6 nitrogen and oxygen atoms in total. The Balaban J connectivity index is 0.00000312. The van der Waals surface area contributed by atoms with Crippen molar-refractivity contribution in [3.8, 4) is 0 Å². The zero-order valence-corrected chi connectivity index (χ0v) is 18.0. The predicted molar refractivity (Wildman–Crippen MR) is 112 cm³/mol. The summed E-state index contributed by atoms with van der Waals surface area (Å²) in [5.41, 5.74) is 1.05. The lowest BCUT2D eigenvalue weighted by molar-refractivity contribution is 0.0536. The molecule has 2 rings (SSSR count). The van der Waals surface area contributed by atoms with Crippen LogP contribution in [0.3, 0.4) is 0 Å². The number of likely N-dealkylation sites (tertiary alicyclic amines) is 1. The van der Waals surface area contributed by atoms with E-state index < -0.39 is 0 Å². The Bertz CT molecular complexity index is 516. The third kappa shape index (κ3) is 8.06. The van der Waals surface area contributed by atoms with Gasteiger partial charge in [-0.25, -0.2) is 9.98 Å². The molecule has 0 bridgehead atoms. The number of guanidine groups is 1. The third-order valence-corrected chi connectivity index (χ3v) is 4.13. The zero-order chi connectivity index (χ0) is 17.2. The maximum atomic E-state index is 5.82. The second kappa shape index (κ2) is 12.7. The summed E-state index contributed by atoms with van der Waals surface area (Å²) in [6.07, 6.45) is 2.89. The van der Waals surface area contributed by atoms with Gasteiger partial charge in [0, 0.05) is 38.9 Å². The summed E-state index contributed by atoms with van der Waals surface area (Å²) in [7, 11) is 1.69. The van der Waals surface area contributed by atoms with Gasteiger partial charge in [-0.1, -0.05) is 17.7 Å². The Hall–Kier alpha value is -0.640. The second-order valence-electron chi connectivity index (χ2n) is 5.83. The van der Waals surface area contributed by atoms with Crippen LogP contribution in [0.1, 0.15) is 18.9 Å². The number of hydrogen-bond acceptors (Lipinski definition) is 4. The van der Waals surface area contributed by atoms with Crippen molar-refractivity contribution in [3.63, 3.8) is 0 Å². The molecule has 1 aliphatic rings. The first kappa shape index (κ1) is 22.4. The van der Waals surface area contributed by atoms with Crippen LogP contribution in [-0.2, 0) is 16.0 Å². The van der Waals surface area contributed by atoms with Crippen molar-refractivity contribution in [2.45, 2.75) is 19.9 Å². The van der Waals surface area contributed by atoms with Gasteiger partial charge in [0.2, 0.25) is 0 Å². The maximum absolute atomic E-state index is 5.82. The molecular formula is C17H28ClIN4O2. The molecule has 0 aromatic carbocycles. The van der Waals surface area contributed by atoms with Crippen molar-refractivity contribution >= 4 is 41.5 Å². The molecule has 1 unspecified atom stereocenters. The lowest BCUT2D eigenvalue weighted by atomic mass is 10.1. The molecule has 1 aromatic heterocycles. The Morgan fingerprint density at radius 1 is 1.44 bits per heavy atom. The Morgan fingerprint density at radius 3 is 2.96 bits per heavy atom. The van der Waals surface area contributed by atoms with Crippen molar-refractivity contribution in [2.24, 2.45) is 10.9 Å². The fraction of sp³-hybridized carbons (Fsp3) is 0.647. The third-order valence-electron chi connectivity index (χ3n) is 3.91. The van der Waals surface area contributed by atoms with Gasteiger partial charge in [-0.15, -0.1) is 24.0 Å². The lowest BCUT2D eigenvalue weighted by Gasteiger charge is -2.21. The van der Waals surface area contributed by atoms with Crippen LogP contribution in [0.25, 0.3) is 0 Å². The zero-order valence-electron chi connectivity index (χ0n) is 14.9. The van der Waals surface area contributed by atoms with Crippen LogP contribution in [0.2, 0.25) is 5.15 Å². The van der Waals surface area contributed by atoms with Crippen molar-refractivity contribution in [2.75, 3.05) is 46.6 Å². The van der Waals surface area contributed by atoms with Crippen LogP contribution >= 0.6 is 35.6 Å². The minimum atomic E-state index is 0. The van der Waals surface area contributed by atoms with Crippen LogP contribution in [0, 0.1) is 5.92 Å². The lowest BCUT2D eigenvalue weighted by Crippen LogP contribution is -2.40. The van der Waals surface area contributed by atoms with E-state index in [0.29, 0.717) is 30.8 Å². The number of pyridine rings is 1. The first-order valence-electron chi connectivity index (χ1n) is 8.43. The molecule has 8 heteroatoms. The van der Waals surface area contributed by atoms with Crippen LogP contribution < -0.4 is 5.32 Å². The van der Waals surface area contributed by atoms with Gasteiger partial charge in [0.05, 0.1) is 26.4 Å². The van der Waals surface area contributed by atoms with E-state index in [2.05, 4.69) is 22.1 Å². The summed E-state index contributed by atoms with van der Waals surface area (Å²) in [5.74, 6) is 1.50. The van der Waals surface area contributed by atoms with Crippen molar-refractivity contribution in [1.82, 2.24) is 15.2 Å².